The summed E-state index contributed by atoms with van der Waals surface area (Å²) in [6, 6.07) is 29.9. The summed E-state index contributed by atoms with van der Waals surface area (Å²) in [6.45, 7) is 3.93. The molecule has 6 heteroatoms. The predicted octanol–water partition coefficient (Wildman–Crippen LogP) is 6.82. The molecule has 2 heterocycles. The van der Waals surface area contributed by atoms with Gasteiger partial charge in [0.05, 0.1) is 10.3 Å². The Morgan fingerprint density at radius 3 is 2.22 bits per heavy atom. The van der Waals surface area contributed by atoms with Crippen molar-refractivity contribution in [2.45, 2.75) is 25.2 Å². The molecule has 0 spiro atoms. The number of pyridine rings is 2. The Morgan fingerprint density at radius 2 is 1.51 bits per heavy atom. The minimum atomic E-state index is -3.38. The summed E-state index contributed by atoms with van der Waals surface area (Å²) in [5.74, 6) is 0.568. The van der Waals surface area contributed by atoms with E-state index in [1.807, 2.05) is 85.1 Å². The van der Waals surface area contributed by atoms with E-state index in [2.05, 4.69) is 22.1 Å². The summed E-state index contributed by atoms with van der Waals surface area (Å²) >= 11 is 0. The molecule has 0 amide bonds. The lowest BCUT2D eigenvalue weighted by Crippen LogP contribution is -2.28. The van der Waals surface area contributed by atoms with Crippen molar-refractivity contribution in [1.82, 2.24) is 9.97 Å². The topological polar surface area (TPSA) is 69.2 Å². The van der Waals surface area contributed by atoms with Crippen LogP contribution in [-0.4, -0.2) is 24.6 Å². The summed E-state index contributed by atoms with van der Waals surface area (Å²) < 4.78 is 30.1. The van der Waals surface area contributed by atoms with Gasteiger partial charge in [-0.1, -0.05) is 54.6 Å². The third kappa shape index (κ3) is 5.11. The maximum Gasteiger partial charge on any atom is 0.213 e. The number of rotatable bonds is 7. The standard InChI is InChI=1S/C31H28N2O3S/c1-31(2,37(3,34)35)28-19-27(18-25-13-8-16-32-30(25)28)24-12-7-11-23(17-24)26-14-15-29(33-20-26)36-21-22-9-5-4-6-10-22/h4-20H,21H2,1-3H3. The molecule has 3 aromatic carbocycles. The smallest absolute Gasteiger partial charge is 0.213 e. The van der Waals surface area contributed by atoms with Crippen LogP contribution in [0.5, 0.6) is 5.88 Å². The van der Waals surface area contributed by atoms with Gasteiger partial charge < -0.3 is 4.74 Å². The van der Waals surface area contributed by atoms with E-state index in [-0.39, 0.29) is 0 Å². The van der Waals surface area contributed by atoms with Crippen molar-refractivity contribution >= 4 is 20.7 Å². The Labute approximate surface area is 217 Å². The van der Waals surface area contributed by atoms with Crippen LogP contribution < -0.4 is 4.74 Å². The third-order valence-corrected chi connectivity index (χ3v) is 8.85. The van der Waals surface area contributed by atoms with Gasteiger partial charge in [0.1, 0.15) is 6.61 Å². The Kier molecular flexibility index (Phi) is 6.52. The molecule has 0 saturated carbocycles. The molecule has 0 aliphatic rings. The van der Waals surface area contributed by atoms with Crippen molar-refractivity contribution in [3.8, 4) is 28.1 Å². The molecule has 0 unspecified atom stereocenters. The van der Waals surface area contributed by atoms with Gasteiger partial charge in [0, 0.05) is 35.7 Å². The molecule has 0 N–H and O–H groups in total. The van der Waals surface area contributed by atoms with Gasteiger partial charge in [-0.3, -0.25) is 4.98 Å². The van der Waals surface area contributed by atoms with E-state index < -0.39 is 14.6 Å². The van der Waals surface area contributed by atoms with Gasteiger partial charge in [-0.15, -0.1) is 0 Å². The summed E-state index contributed by atoms with van der Waals surface area (Å²) in [4.78, 5) is 9.01. The number of aromatic nitrogens is 2. The zero-order valence-electron chi connectivity index (χ0n) is 21.0. The van der Waals surface area contributed by atoms with E-state index in [9.17, 15) is 8.42 Å². The van der Waals surface area contributed by atoms with Crippen LogP contribution in [0.25, 0.3) is 33.2 Å². The van der Waals surface area contributed by atoms with E-state index in [1.54, 1.807) is 20.0 Å². The molecular formula is C31H28N2O3S. The molecular weight excluding hydrogens is 480 g/mol. The number of fused-ring (bicyclic) bond motifs is 1. The van der Waals surface area contributed by atoms with Crippen molar-refractivity contribution in [2.75, 3.05) is 6.26 Å². The molecule has 5 nitrogen and oxygen atoms in total. The normalized spacial score (nSPS) is 12.0. The van der Waals surface area contributed by atoms with Crippen LogP contribution in [0.4, 0.5) is 0 Å². The van der Waals surface area contributed by atoms with Crippen LogP contribution in [0, 0.1) is 0 Å². The maximum absolute atomic E-state index is 12.7. The summed E-state index contributed by atoms with van der Waals surface area (Å²) in [5, 5.41) is 0.902. The number of sulfone groups is 1. The van der Waals surface area contributed by atoms with Gasteiger partial charge in [-0.25, -0.2) is 13.4 Å². The Bertz CT molecular complexity index is 1660. The van der Waals surface area contributed by atoms with E-state index in [0.717, 1.165) is 33.2 Å². The fourth-order valence-corrected chi connectivity index (χ4v) is 4.82. The molecule has 186 valence electrons. The predicted molar refractivity (Wildman–Crippen MR) is 149 cm³/mol. The van der Waals surface area contributed by atoms with Crippen molar-refractivity contribution in [3.63, 3.8) is 0 Å². The minimum absolute atomic E-state index is 0.464. The summed E-state index contributed by atoms with van der Waals surface area (Å²) in [5.41, 5.74) is 6.37. The molecule has 0 bridgehead atoms. The highest BCUT2D eigenvalue weighted by Crippen LogP contribution is 2.37. The lowest BCUT2D eigenvalue weighted by atomic mass is 9.92. The zero-order chi connectivity index (χ0) is 26.0. The van der Waals surface area contributed by atoms with Gasteiger partial charge in [-0.2, -0.15) is 0 Å². The molecule has 0 aliphatic carbocycles. The van der Waals surface area contributed by atoms with Crippen LogP contribution in [0.2, 0.25) is 0 Å². The number of nitrogens with zero attached hydrogens (tertiary/aromatic N) is 2. The highest BCUT2D eigenvalue weighted by Gasteiger charge is 2.34. The molecule has 0 radical (unpaired) electrons. The van der Waals surface area contributed by atoms with Crippen molar-refractivity contribution in [2.24, 2.45) is 0 Å². The van der Waals surface area contributed by atoms with Crippen LogP contribution in [0.15, 0.2) is 103 Å². The van der Waals surface area contributed by atoms with Gasteiger partial charge in [0.15, 0.2) is 9.84 Å². The SMILES string of the molecule is CC(C)(c1cc(-c2cccc(-c3ccc(OCc4ccccc4)nc3)c2)cc2cccnc12)S(C)(=O)=O. The lowest BCUT2D eigenvalue weighted by molar-refractivity contribution is 0.294. The second-order valence-corrected chi connectivity index (χ2v) is 12.2. The molecule has 5 aromatic rings. The second-order valence-electron chi connectivity index (χ2n) is 9.62. The van der Waals surface area contributed by atoms with Gasteiger partial charge in [-0.05, 0) is 72.0 Å². The number of ether oxygens (including phenoxy) is 1. The van der Waals surface area contributed by atoms with Crippen molar-refractivity contribution in [3.05, 3.63) is 115 Å². The average Bonchev–Trinajstić information content (AvgIpc) is 2.91. The third-order valence-electron chi connectivity index (χ3n) is 6.78. The maximum atomic E-state index is 12.7. The van der Waals surface area contributed by atoms with Gasteiger partial charge in [0.2, 0.25) is 5.88 Å². The first-order chi connectivity index (χ1) is 17.7. The van der Waals surface area contributed by atoms with Crippen LogP contribution in [-0.2, 0) is 21.2 Å². The van der Waals surface area contributed by atoms with Gasteiger partial charge >= 0.3 is 0 Å². The van der Waals surface area contributed by atoms with Crippen molar-refractivity contribution < 1.29 is 13.2 Å². The fourth-order valence-electron chi connectivity index (χ4n) is 4.26. The van der Waals surface area contributed by atoms with Crippen molar-refractivity contribution in [1.29, 1.82) is 0 Å². The number of hydrogen-bond acceptors (Lipinski definition) is 5. The molecule has 2 aromatic heterocycles. The molecule has 0 fully saturated rings. The van der Waals surface area contributed by atoms with Gasteiger partial charge in [0.25, 0.3) is 0 Å². The van der Waals surface area contributed by atoms with E-state index in [0.29, 0.717) is 23.6 Å². The van der Waals surface area contributed by atoms with Crippen LogP contribution in [0.1, 0.15) is 25.0 Å². The Morgan fingerprint density at radius 1 is 0.757 bits per heavy atom. The lowest BCUT2D eigenvalue weighted by Gasteiger charge is -2.25. The van der Waals surface area contributed by atoms with E-state index in [1.165, 1.54) is 6.26 Å². The van der Waals surface area contributed by atoms with Crippen LogP contribution >= 0.6 is 0 Å². The minimum Gasteiger partial charge on any atom is -0.473 e. The fraction of sp³-hybridized carbons (Fsp3) is 0.161. The average molecular weight is 509 g/mol. The molecule has 0 atom stereocenters. The Balaban J connectivity index is 1.48. The number of hydrogen-bond donors (Lipinski definition) is 0. The largest absolute Gasteiger partial charge is 0.473 e. The first-order valence-electron chi connectivity index (χ1n) is 12.0. The quantitative estimate of drug-likeness (QED) is 0.241. The highest BCUT2D eigenvalue weighted by molar-refractivity contribution is 7.91. The molecule has 37 heavy (non-hydrogen) atoms. The molecule has 0 aliphatic heterocycles. The second kappa shape index (κ2) is 9.79. The molecule has 5 rings (SSSR count). The summed E-state index contributed by atoms with van der Waals surface area (Å²) in [7, 11) is -3.38. The molecule has 0 saturated heterocycles. The van der Waals surface area contributed by atoms with E-state index >= 15 is 0 Å². The van der Waals surface area contributed by atoms with Crippen LogP contribution in [0.3, 0.4) is 0 Å². The zero-order valence-corrected chi connectivity index (χ0v) is 21.9. The van der Waals surface area contributed by atoms with E-state index in [4.69, 9.17) is 4.74 Å². The summed E-state index contributed by atoms with van der Waals surface area (Å²) in [6.07, 6.45) is 4.78. The number of benzene rings is 3. The first-order valence-corrected chi connectivity index (χ1v) is 13.9. The monoisotopic (exact) mass is 508 g/mol. The first kappa shape index (κ1) is 24.7. The highest BCUT2D eigenvalue weighted by atomic mass is 32.2. The Hall–Kier alpha value is -4.03.